The molecular weight excluding hydrogens is 604 g/mol. The lowest BCUT2D eigenvalue weighted by atomic mass is 9.92. The van der Waals surface area contributed by atoms with E-state index in [2.05, 4.69) is 84.4 Å². The van der Waals surface area contributed by atoms with Crippen molar-refractivity contribution in [3.63, 3.8) is 0 Å². The number of hydrogen-bond donors (Lipinski definition) is 2. The van der Waals surface area contributed by atoms with Crippen molar-refractivity contribution >= 4 is 17.6 Å². The van der Waals surface area contributed by atoms with E-state index >= 15 is 0 Å². The van der Waals surface area contributed by atoms with Gasteiger partial charge in [-0.2, -0.15) is 0 Å². The van der Waals surface area contributed by atoms with Gasteiger partial charge in [0.25, 0.3) is 5.91 Å². The molecule has 8 nitrogen and oxygen atoms in total. The van der Waals surface area contributed by atoms with Crippen LogP contribution in [0.5, 0.6) is 0 Å². The van der Waals surface area contributed by atoms with Crippen LogP contribution in [0.3, 0.4) is 0 Å². The Balaban J connectivity index is 1.37. The maximum atomic E-state index is 12.5. The molecule has 8 heteroatoms. The van der Waals surface area contributed by atoms with Crippen LogP contribution in [0.1, 0.15) is 70.8 Å². The summed E-state index contributed by atoms with van der Waals surface area (Å²) in [6, 6.07) is 9.09. The standard InChI is InChI=1S/C40H54N2O6/c1-3-4-5-6-7-8-9-10-11-12-13-14-15-16-17-18-19-20-24-27-38(44)41-28-30-46-32-33-47-31-29-42-39(45)36-34-37(43)40(2,48-36)35-25-22-21-23-26-35/h4-5,7-8,10-11,13-14,16-17,19-23,25-26,34H,3,6,9,12,15,18,24,27-33H2,1-2H3,(H,41,44)(H,42,45). The molecule has 1 aromatic carbocycles. The molecule has 2 amide bonds. The first-order chi connectivity index (χ1) is 23.5. The van der Waals surface area contributed by atoms with Crippen LogP contribution in [0.2, 0.25) is 0 Å². The molecule has 0 radical (unpaired) electrons. The largest absolute Gasteiger partial charge is 0.469 e. The predicted molar refractivity (Wildman–Crippen MR) is 193 cm³/mol. The molecule has 48 heavy (non-hydrogen) atoms. The average Bonchev–Trinajstić information content (AvgIpc) is 3.41. The number of allylic oxidation sites excluding steroid dienone is 12. The van der Waals surface area contributed by atoms with Gasteiger partial charge < -0.3 is 24.8 Å². The smallest absolute Gasteiger partial charge is 0.286 e. The van der Waals surface area contributed by atoms with Gasteiger partial charge in [-0.25, -0.2) is 0 Å². The maximum absolute atomic E-state index is 12.5. The lowest BCUT2D eigenvalue weighted by molar-refractivity contribution is -0.132. The van der Waals surface area contributed by atoms with E-state index < -0.39 is 11.5 Å². The number of carbonyl (C=O) groups excluding carboxylic acids is 3. The molecular formula is C40H54N2O6. The van der Waals surface area contributed by atoms with Gasteiger partial charge in [-0.1, -0.05) is 110 Å². The van der Waals surface area contributed by atoms with Gasteiger partial charge >= 0.3 is 0 Å². The zero-order valence-corrected chi connectivity index (χ0v) is 28.7. The van der Waals surface area contributed by atoms with Crippen molar-refractivity contribution in [3.8, 4) is 0 Å². The number of rotatable bonds is 25. The Morgan fingerprint density at radius 2 is 1.21 bits per heavy atom. The van der Waals surface area contributed by atoms with Gasteiger partial charge in [0.05, 0.1) is 26.4 Å². The summed E-state index contributed by atoms with van der Waals surface area (Å²) < 4.78 is 16.7. The molecule has 0 saturated heterocycles. The topological polar surface area (TPSA) is 103 Å². The molecule has 1 heterocycles. The fraction of sp³-hybridized carbons (Fsp3) is 0.425. The van der Waals surface area contributed by atoms with E-state index in [1.54, 1.807) is 19.1 Å². The van der Waals surface area contributed by atoms with Crippen LogP contribution in [0.25, 0.3) is 0 Å². The molecule has 1 aliphatic heterocycles. The number of benzene rings is 1. The van der Waals surface area contributed by atoms with Crippen LogP contribution in [0, 0.1) is 0 Å². The molecule has 0 aromatic heterocycles. The van der Waals surface area contributed by atoms with Gasteiger partial charge in [-0.05, 0) is 51.9 Å². The van der Waals surface area contributed by atoms with Gasteiger partial charge in [0, 0.05) is 31.1 Å². The highest BCUT2D eigenvalue weighted by Gasteiger charge is 2.43. The molecule has 260 valence electrons. The van der Waals surface area contributed by atoms with E-state index in [4.69, 9.17) is 14.2 Å². The monoisotopic (exact) mass is 658 g/mol. The minimum absolute atomic E-state index is 0.00254. The highest BCUT2D eigenvalue weighted by atomic mass is 16.5. The Bertz CT molecular complexity index is 1290. The second-order valence-electron chi connectivity index (χ2n) is 11.2. The molecule has 0 bridgehead atoms. The minimum Gasteiger partial charge on any atom is -0.469 e. The number of ketones is 1. The summed E-state index contributed by atoms with van der Waals surface area (Å²) in [6.45, 7) is 5.92. The molecule has 1 atom stereocenters. The Hall–Kier alpha value is -4.27. The van der Waals surface area contributed by atoms with E-state index in [1.165, 1.54) is 6.08 Å². The second-order valence-corrected chi connectivity index (χ2v) is 11.2. The number of hydrogen-bond acceptors (Lipinski definition) is 6. The van der Waals surface area contributed by atoms with Gasteiger partial charge in [0.15, 0.2) is 11.4 Å². The van der Waals surface area contributed by atoms with Crippen molar-refractivity contribution < 1.29 is 28.6 Å². The van der Waals surface area contributed by atoms with E-state index in [-0.39, 0.29) is 30.6 Å². The first-order valence-electron chi connectivity index (χ1n) is 17.1. The van der Waals surface area contributed by atoms with Crippen molar-refractivity contribution in [1.29, 1.82) is 0 Å². The molecule has 0 aliphatic carbocycles. The fourth-order valence-electron chi connectivity index (χ4n) is 4.48. The summed E-state index contributed by atoms with van der Waals surface area (Å²) in [5.74, 6) is -0.737. The van der Waals surface area contributed by atoms with Crippen molar-refractivity contribution in [2.24, 2.45) is 0 Å². The van der Waals surface area contributed by atoms with Crippen LogP contribution < -0.4 is 10.6 Å². The molecule has 2 N–H and O–H groups in total. The predicted octanol–water partition coefficient (Wildman–Crippen LogP) is 7.13. The molecule has 1 aliphatic rings. The Morgan fingerprint density at radius 1 is 0.708 bits per heavy atom. The van der Waals surface area contributed by atoms with Crippen molar-refractivity contribution in [3.05, 3.63) is 121 Å². The van der Waals surface area contributed by atoms with Gasteiger partial charge in [0.1, 0.15) is 0 Å². The molecule has 2 rings (SSSR count). The van der Waals surface area contributed by atoms with Crippen LogP contribution in [0.15, 0.2) is 115 Å². The second kappa shape index (κ2) is 25.8. The Labute approximate surface area is 287 Å². The van der Waals surface area contributed by atoms with E-state index in [1.807, 2.05) is 24.3 Å². The van der Waals surface area contributed by atoms with Crippen LogP contribution in [-0.2, 0) is 34.2 Å². The summed E-state index contributed by atoms with van der Waals surface area (Å²) in [5, 5.41) is 5.55. The first kappa shape index (κ1) is 39.9. The van der Waals surface area contributed by atoms with Crippen LogP contribution in [-0.4, -0.2) is 57.1 Å². The third kappa shape index (κ3) is 17.6. The molecule has 0 spiro atoms. The highest BCUT2D eigenvalue weighted by Crippen LogP contribution is 2.34. The van der Waals surface area contributed by atoms with E-state index in [0.29, 0.717) is 44.8 Å². The quantitative estimate of drug-likeness (QED) is 0.0856. The molecule has 1 unspecified atom stereocenters. The third-order valence-corrected chi connectivity index (χ3v) is 7.20. The van der Waals surface area contributed by atoms with Crippen molar-refractivity contribution in [2.75, 3.05) is 39.5 Å². The molecule has 0 saturated carbocycles. The summed E-state index contributed by atoms with van der Waals surface area (Å²) in [6.07, 6.45) is 34.2. The number of amides is 2. The Kier molecular flexibility index (Phi) is 21.4. The average molecular weight is 659 g/mol. The zero-order valence-electron chi connectivity index (χ0n) is 28.7. The summed E-state index contributed by atoms with van der Waals surface area (Å²) in [5.41, 5.74) is -0.506. The molecule has 1 aromatic rings. The van der Waals surface area contributed by atoms with E-state index in [9.17, 15) is 14.4 Å². The van der Waals surface area contributed by atoms with Gasteiger partial charge in [-0.15, -0.1) is 0 Å². The SMILES string of the molecule is CCC=CCC=CCC=CCC=CCC=CCC=CCCC(=O)NCCOCCOCCNC(=O)C1=CC(=O)C(C)(c2ccccc2)O1. The summed E-state index contributed by atoms with van der Waals surface area (Å²) in [7, 11) is 0. The number of carbonyl (C=O) groups is 3. The lowest BCUT2D eigenvalue weighted by Crippen LogP contribution is -2.33. The van der Waals surface area contributed by atoms with E-state index in [0.717, 1.165) is 38.5 Å². The third-order valence-electron chi connectivity index (χ3n) is 7.20. The minimum atomic E-state index is -1.20. The highest BCUT2D eigenvalue weighted by molar-refractivity contribution is 6.07. The van der Waals surface area contributed by atoms with Crippen molar-refractivity contribution in [1.82, 2.24) is 10.6 Å². The zero-order chi connectivity index (χ0) is 34.5. The van der Waals surface area contributed by atoms with Gasteiger partial charge in [-0.3, -0.25) is 14.4 Å². The Morgan fingerprint density at radius 3 is 1.75 bits per heavy atom. The number of ether oxygens (including phenoxy) is 3. The van der Waals surface area contributed by atoms with Crippen LogP contribution in [0.4, 0.5) is 0 Å². The summed E-state index contributed by atoms with van der Waals surface area (Å²) in [4.78, 5) is 36.9. The summed E-state index contributed by atoms with van der Waals surface area (Å²) >= 11 is 0. The first-order valence-corrected chi connectivity index (χ1v) is 17.1. The lowest BCUT2D eigenvalue weighted by Gasteiger charge is -2.23. The van der Waals surface area contributed by atoms with Gasteiger partial charge in [0.2, 0.25) is 11.7 Å². The molecule has 0 fully saturated rings. The number of nitrogens with one attached hydrogen (secondary N) is 2. The van der Waals surface area contributed by atoms with Crippen LogP contribution >= 0.6 is 0 Å². The fourth-order valence-corrected chi connectivity index (χ4v) is 4.48. The maximum Gasteiger partial charge on any atom is 0.286 e. The van der Waals surface area contributed by atoms with Crippen molar-refractivity contribution in [2.45, 2.75) is 70.8 Å². The normalized spacial score (nSPS) is 16.7.